The maximum absolute atomic E-state index is 5.87. The molecule has 0 radical (unpaired) electrons. The number of hydrogen-bond acceptors (Lipinski definition) is 3. The van der Waals surface area contributed by atoms with Gasteiger partial charge in [-0.1, -0.05) is 12.1 Å². The first-order chi connectivity index (χ1) is 7.61. The largest absolute Gasteiger partial charge is 0.497 e. The number of methoxy groups -OCH3 is 1. The highest BCUT2D eigenvalue weighted by Gasteiger charge is 2.33. The first-order valence-corrected chi connectivity index (χ1v) is 5.67. The molecule has 1 saturated heterocycles. The van der Waals surface area contributed by atoms with Gasteiger partial charge in [-0.15, -0.1) is 0 Å². The van der Waals surface area contributed by atoms with Gasteiger partial charge in [0.05, 0.1) is 13.2 Å². The molecule has 1 aromatic rings. The Hall–Kier alpha value is -1.06. The number of hydrogen-bond donors (Lipinski definition) is 1. The summed E-state index contributed by atoms with van der Waals surface area (Å²) in [5.74, 6) is 0.896. The van der Waals surface area contributed by atoms with E-state index in [0.29, 0.717) is 0 Å². The number of ether oxygens (including phenoxy) is 2. The van der Waals surface area contributed by atoms with Crippen molar-refractivity contribution in [2.45, 2.75) is 32.1 Å². The summed E-state index contributed by atoms with van der Waals surface area (Å²) in [7, 11) is 1.69. The van der Waals surface area contributed by atoms with E-state index in [0.717, 1.165) is 18.7 Å². The molecule has 2 unspecified atom stereocenters. The van der Waals surface area contributed by atoms with E-state index in [1.165, 1.54) is 5.56 Å². The number of benzene rings is 1. The summed E-state index contributed by atoms with van der Waals surface area (Å²) >= 11 is 0. The Labute approximate surface area is 96.8 Å². The van der Waals surface area contributed by atoms with Crippen molar-refractivity contribution in [3.63, 3.8) is 0 Å². The van der Waals surface area contributed by atoms with E-state index >= 15 is 0 Å². The molecule has 0 saturated carbocycles. The van der Waals surface area contributed by atoms with E-state index in [-0.39, 0.29) is 11.8 Å². The van der Waals surface area contributed by atoms with Gasteiger partial charge in [0.1, 0.15) is 11.5 Å². The molecule has 1 aliphatic rings. The summed E-state index contributed by atoms with van der Waals surface area (Å²) in [6, 6.07) is 8.12. The Morgan fingerprint density at radius 3 is 3.00 bits per heavy atom. The van der Waals surface area contributed by atoms with Crippen LogP contribution in [0.4, 0.5) is 0 Å². The molecule has 0 aliphatic carbocycles. The zero-order chi connectivity index (χ0) is 11.6. The van der Waals surface area contributed by atoms with Crippen LogP contribution in [-0.2, 0) is 11.2 Å². The number of rotatable bonds is 3. The van der Waals surface area contributed by atoms with Crippen molar-refractivity contribution in [2.75, 3.05) is 13.7 Å². The van der Waals surface area contributed by atoms with Crippen molar-refractivity contribution in [1.29, 1.82) is 0 Å². The van der Waals surface area contributed by atoms with E-state index in [2.05, 4.69) is 31.3 Å². The van der Waals surface area contributed by atoms with E-state index in [4.69, 9.17) is 9.47 Å². The highest BCUT2D eigenvalue weighted by molar-refractivity contribution is 5.29. The molecule has 1 heterocycles. The van der Waals surface area contributed by atoms with Gasteiger partial charge in [-0.05, 0) is 31.5 Å². The summed E-state index contributed by atoms with van der Waals surface area (Å²) in [5, 5.41) is 3.41. The highest BCUT2D eigenvalue weighted by Crippen LogP contribution is 2.23. The molecule has 88 valence electrons. The molecule has 1 fully saturated rings. The van der Waals surface area contributed by atoms with E-state index in [1.807, 2.05) is 12.1 Å². The van der Waals surface area contributed by atoms with Gasteiger partial charge in [0, 0.05) is 13.0 Å². The Morgan fingerprint density at radius 1 is 1.56 bits per heavy atom. The van der Waals surface area contributed by atoms with Crippen molar-refractivity contribution in [3.8, 4) is 5.75 Å². The standard InChI is InChI=1S/C13H19NO2/c1-10-9-14-13(2,16-10)8-11-5-4-6-12(7-11)15-3/h4-7,10,14H,8-9H2,1-3H3. The summed E-state index contributed by atoms with van der Waals surface area (Å²) in [6.45, 7) is 5.10. The van der Waals surface area contributed by atoms with Crippen molar-refractivity contribution >= 4 is 0 Å². The van der Waals surface area contributed by atoms with Gasteiger partial charge < -0.3 is 9.47 Å². The lowest BCUT2D eigenvalue weighted by Gasteiger charge is -2.24. The molecule has 1 aromatic carbocycles. The first-order valence-electron chi connectivity index (χ1n) is 5.67. The molecule has 1 aliphatic heterocycles. The second-order valence-electron chi connectivity index (χ2n) is 4.57. The lowest BCUT2D eigenvalue weighted by Crippen LogP contribution is -2.39. The van der Waals surface area contributed by atoms with E-state index in [1.54, 1.807) is 7.11 Å². The molecule has 0 amide bonds. The lowest BCUT2D eigenvalue weighted by molar-refractivity contribution is -0.0292. The third kappa shape index (κ3) is 2.54. The van der Waals surface area contributed by atoms with E-state index in [9.17, 15) is 0 Å². The molecule has 2 rings (SSSR count). The van der Waals surface area contributed by atoms with Crippen molar-refractivity contribution in [3.05, 3.63) is 29.8 Å². The van der Waals surface area contributed by atoms with Gasteiger partial charge in [-0.3, -0.25) is 5.32 Å². The second-order valence-corrected chi connectivity index (χ2v) is 4.57. The fourth-order valence-electron chi connectivity index (χ4n) is 2.16. The molecule has 2 atom stereocenters. The lowest BCUT2D eigenvalue weighted by atomic mass is 10.0. The van der Waals surface area contributed by atoms with Gasteiger partial charge in [-0.25, -0.2) is 0 Å². The van der Waals surface area contributed by atoms with Crippen LogP contribution < -0.4 is 10.1 Å². The van der Waals surface area contributed by atoms with Crippen LogP contribution in [0.1, 0.15) is 19.4 Å². The van der Waals surface area contributed by atoms with Crippen LogP contribution in [0, 0.1) is 0 Å². The highest BCUT2D eigenvalue weighted by atomic mass is 16.5. The predicted octanol–water partition coefficient (Wildman–Crippen LogP) is 1.96. The quantitative estimate of drug-likeness (QED) is 0.846. The monoisotopic (exact) mass is 221 g/mol. The minimum Gasteiger partial charge on any atom is -0.497 e. The molecule has 3 nitrogen and oxygen atoms in total. The normalized spacial score (nSPS) is 29.3. The first kappa shape index (κ1) is 11.4. The minimum absolute atomic E-state index is 0.244. The van der Waals surface area contributed by atoms with Gasteiger partial charge in [-0.2, -0.15) is 0 Å². The topological polar surface area (TPSA) is 30.5 Å². The maximum atomic E-state index is 5.87. The van der Waals surface area contributed by atoms with Crippen LogP contribution in [0.15, 0.2) is 24.3 Å². The van der Waals surface area contributed by atoms with Crippen LogP contribution in [0.5, 0.6) is 5.75 Å². The van der Waals surface area contributed by atoms with Gasteiger partial charge in [0.25, 0.3) is 0 Å². The summed E-state index contributed by atoms with van der Waals surface area (Å²) < 4.78 is 11.1. The Morgan fingerprint density at radius 2 is 2.38 bits per heavy atom. The molecule has 16 heavy (non-hydrogen) atoms. The molecule has 0 aromatic heterocycles. The van der Waals surface area contributed by atoms with Crippen LogP contribution in [-0.4, -0.2) is 25.5 Å². The van der Waals surface area contributed by atoms with Crippen molar-refractivity contribution in [2.24, 2.45) is 0 Å². The molecular weight excluding hydrogens is 202 g/mol. The molecular formula is C13H19NO2. The molecule has 3 heteroatoms. The smallest absolute Gasteiger partial charge is 0.120 e. The zero-order valence-electron chi connectivity index (χ0n) is 10.1. The molecule has 0 spiro atoms. The molecule has 1 N–H and O–H groups in total. The fourth-order valence-corrected chi connectivity index (χ4v) is 2.16. The van der Waals surface area contributed by atoms with Crippen LogP contribution >= 0.6 is 0 Å². The Kier molecular flexibility index (Phi) is 3.17. The third-order valence-corrected chi connectivity index (χ3v) is 2.90. The fraction of sp³-hybridized carbons (Fsp3) is 0.538. The maximum Gasteiger partial charge on any atom is 0.120 e. The SMILES string of the molecule is COc1cccc(CC2(C)NCC(C)O2)c1. The van der Waals surface area contributed by atoms with E-state index < -0.39 is 0 Å². The van der Waals surface area contributed by atoms with Crippen LogP contribution in [0.25, 0.3) is 0 Å². The third-order valence-electron chi connectivity index (χ3n) is 2.90. The average Bonchev–Trinajstić information content (AvgIpc) is 2.58. The predicted molar refractivity (Wildman–Crippen MR) is 63.7 cm³/mol. The average molecular weight is 221 g/mol. The van der Waals surface area contributed by atoms with Gasteiger partial charge in [0.15, 0.2) is 0 Å². The van der Waals surface area contributed by atoms with Crippen molar-refractivity contribution in [1.82, 2.24) is 5.32 Å². The summed E-state index contributed by atoms with van der Waals surface area (Å²) in [5.41, 5.74) is 0.981. The Balaban J connectivity index is 2.08. The summed E-state index contributed by atoms with van der Waals surface area (Å²) in [4.78, 5) is 0. The minimum atomic E-state index is -0.244. The van der Waals surface area contributed by atoms with Gasteiger partial charge in [0.2, 0.25) is 0 Å². The van der Waals surface area contributed by atoms with Crippen LogP contribution in [0.3, 0.4) is 0 Å². The van der Waals surface area contributed by atoms with Gasteiger partial charge >= 0.3 is 0 Å². The molecule has 0 bridgehead atoms. The number of nitrogens with one attached hydrogen (secondary N) is 1. The summed E-state index contributed by atoms with van der Waals surface area (Å²) in [6.07, 6.45) is 1.14. The van der Waals surface area contributed by atoms with Crippen LogP contribution in [0.2, 0.25) is 0 Å². The second kappa shape index (κ2) is 4.44. The Bertz CT molecular complexity index is 367. The van der Waals surface area contributed by atoms with Crippen molar-refractivity contribution < 1.29 is 9.47 Å². The zero-order valence-corrected chi connectivity index (χ0v) is 10.1.